The summed E-state index contributed by atoms with van der Waals surface area (Å²) < 4.78 is 0. The average Bonchev–Trinajstić information content (AvgIpc) is 3.20. The predicted octanol–water partition coefficient (Wildman–Crippen LogP) is 10.1. The number of hydrogen-bond acceptors (Lipinski definition) is 16. The Morgan fingerprint density at radius 2 is 0.672 bits per heavy atom. The fourth-order valence-electron chi connectivity index (χ4n) is 5.79. The van der Waals surface area contributed by atoms with Crippen LogP contribution in [0.15, 0.2) is 97.6 Å². The quantitative estimate of drug-likeness (QED) is 0.0640. The molecular formula is C40H44Cl2FeN16S2. The zero-order chi connectivity index (χ0) is 44.2. The van der Waals surface area contributed by atoms with Crippen LogP contribution in [0.25, 0.3) is 10.8 Å². The maximum absolute atomic E-state index is 7.13. The molecule has 6 rings (SSSR count). The number of anilines is 8. The zero-order valence-electron chi connectivity index (χ0n) is 34.6. The Kier molecular flexibility index (Phi) is 22.6. The number of rotatable bonds is 12. The summed E-state index contributed by atoms with van der Waals surface area (Å²) in [5.74, 6) is 4.35. The molecule has 0 unspecified atom stereocenters. The van der Waals surface area contributed by atoms with Gasteiger partial charge in [-0.15, -0.1) is 0 Å². The SMILES string of the molecule is CC(C)N(c1nc(Cl)nc(N(c2ccccn2)c2ccccn2)n1)C(C)C.CC(C)N(c1nc(Cl)nc(N(c2ccccn2)c2ccccn2)n1)C(C)C.[Fe+2].[N-]=C=S.[N-]=C=S. The van der Waals surface area contributed by atoms with Crippen molar-refractivity contribution in [3.05, 3.63) is 119 Å². The molecule has 0 atom stereocenters. The van der Waals surface area contributed by atoms with Gasteiger partial charge >= 0.3 is 17.1 Å². The third-order valence-corrected chi connectivity index (χ3v) is 8.11. The van der Waals surface area contributed by atoms with Crippen molar-refractivity contribution in [3.8, 4) is 0 Å². The smallest absolute Gasteiger partial charge is 0.753 e. The van der Waals surface area contributed by atoms with Crippen LogP contribution in [0.2, 0.25) is 10.6 Å². The van der Waals surface area contributed by atoms with E-state index in [9.17, 15) is 0 Å². The minimum atomic E-state index is 0. The van der Waals surface area contributed by atoms with Crippen molar-refractivity contribution in [2.24, 2.45) is 0 Å². The van der Waals surface area contributed by atoms with Crippen LogP contribution in [0.3, 0.4) is 0 Å². The van der Waals surface area contributed by atoms with Gasteiger partial charge in [0.1, 0.15) is 23.3 Å². The fourth-order valence-corrected chi connectivity index (χ4v) is 6.10. The molecule has 21 heteroatoms. The summed E-state index contributed by atoms with van der Waals surface area (Å²) in [6.45, 7) is 16.7. The summed E-state index contributed by atoms with van der Waals surface area (Å²) in [4.78, 5) is 52.2. The van der Waals surface area contributed by atoms with Gasteiger partial charge < -0.3 is 20.6 Å². The van der Waals surface area contributed by atoms with Crippen LogP contribution < -0.4 is 19.6 Å². The van der Waals surface area contributed by atoms with E-state index in [4.69, 9.17) is 44.0 Å². The van der Waals surface area contributed by atoms with Gasteiger partial charge in [0.2, 0.25) is 34.4 Å². The first-order valence-electron chi connectivity index (χ1n) is 18.4. The van der Waals surface area contributed by atoms with Gasteiger partial charge in [0.15, 0.2) is 0 Å². The predicted molar refractivity (Wildman–Crippen MR) is 248 cm³/mol. The molecule has 61 heavy (non-hydrogen) atoms. The van der Waals surface area contributed by atoms with Gasteiger partial charge in [-0.05, 0) is 127 Å². The molecule has 0 aliphatic rings. The summed E-state index contributed by atoms with van der Waals surface area (Å²) in [6, 6.07) is 23.3. The zero-order valence-corrected chi connectivity index (χ0v) is 38.9. The van der Waals surface area contributed by atoms with E-state index in [2.05, 4.69) is 129 Å². The van der Waals surface area contributed by atoms with Crippen LogP contribution in [0.5, 0.6) is 0 Å². The van der Waals surface area contributed by atoms with Gasteiger partial charge in [0.25, 0.3) is 0 Å². The molecule has 6 heterocycles. The molecule has 0 aromatic carbocycles. The van der Waals surface area contributed by atoms with E-state index >= 15 is 0 Å². The Balaban J connectivity index is 0.000000367. The number of thiocarbonyl (C=S) groups is 2. The molecule has 0 radical (unpaired) electrons. The van der Waals surface area contributed by atoms with E-state index < -0.39 is 0 Å². The van der Waals surface area contributed by atoms with Crippen LogP contribution in [-0.2, 0) is 17.1 Å². The fraction of sp³-hybridized carbons (Fsp3) is 0.300. The van der Waals surface area contributed by atoms with Crippen molar-refractivity contribution in [3.63, 3.8) is 0 Å². The van der Waals surface area contributed by atoms with Gasteiger partial charge in [-0.2, -0.15) is 40.2 Å². The monoisotopic (exact) mass is 938 g/mol. The Labute approximate surface area is 387 Å². The summed E-state index contributed by atoms with van der Waals surface area (Å²) in [5, 5.41) is 17.2. The Morgan fingerprint density at radius 1 is 0.443 bits per heavy atom. The molecule has 0 spiro atoms. The number of hydrogen-bond donors (Lipinski definition) is 0. The van der Waals surface area contributed by atoms with Crippen LogP contribution >= 0.6 is 47.6 Å². The summed E-state index contributed by atoms with van der Waals surface area (Å²) in [5.41, 5.74) is 0. The molecule has 0 N–H and O–H groups in total. The standard InChI is InChI=1S/2C19H22ClN7.2CNS.Fe/c2*1-13(2)26(14(3)4)18-23-17(20)24-19(25-18)27(15-9-5-7-11-21-15)16-10-6-8-12-22-16;2*2-1-3;/h2*5-14H,1-4H3;;;/q;;2*-1;+2. The van der Waals surface area contributed by atoms with Crippen molar-refractivity contribution in [2.45, 2.75) is 79.6 Å². The van der Waals surface area contributed by atoms with Crippen LogP contribution in [-0.4, -0.2) is 84.3 Å². The molecule has 6 aromatic rings. The van der Waals surface area contributed by atoms with E-state index in [-0.39, 0.29) is 51.8 Å². The summed E-state index contributed by atoms with van der Waals surface area (Å²) in [6.07, 6.45) is 6.85. The third kappa shape index (κ3) is 15.5. The molecule has 0 aliphatic carbocycles. The van der Waals surface area contributed by atoms with Crippen LogP contribution in [0, 0.1) is 0 Å². The molecule has 0 bridgehead atoms. The molecule has 0 amide bonds. The number of nitrogens with zero attached hydrogens (tertiary/aromatic N) is 16. The van der Waals surface area contributed by atoms with Gasteiger partial charge in [-0.3, -0.25) is 0 Å². The van der Waals surface area contributed by atoms with Crippen molar-refractivity contribution in [1.82, 2.24) is 49.8 Å². The van der Waals surface area contributed by atoms with Crippen molar-refractivity contribution >= 4 is 105 Å². The molecule has 318 valence electrons. The van der Waals surface area contributed by atoms with E-state index in [1.54, 1.807) is 34.6 Å². The molecule has 0 saturated carbocycles. The molecular weight excluding hydrogens is 895 g/mol. The average molecular weight is 940 g/mol. The van der Waals surface area contributed by atoms with Crippen LogP contribution in [0.1, 0.15) is 55.4 Å². The molecule has 6 aromatic heterocycles. The number of aromatic nitrogens is 10. The van der Waals surface area contributed by atoms with Crippen molar-refractivity contribution in [2.75, 3.05) is 19.6 Å². The van der Waals surface area contributed by atoms with E-state index in [0.717, 1.165) is 0 Å². The molecule has 16 nitrogen and oxygen atoms in total. The van der Waals surface area contributed by atoms with E-state index in [1.807, 2.05) is 72.8 Å². The Morgan fingerprint density at radius 3 is 0.869 bits per heavy atom. The van der Waals surface area contributed by atoms with Gasteiger partial charge in [0, 0.05) is 49.0 Å². The van der Waals surface area contributed by atoms with E-state index in [1.165, 1.54) is 10.3 Å². The maximum Gasteiger partial charge on any atom is 2.00 e. The van der Waals surface area contributed by atoms with E-state index in [0.29, 0.717) is 47.1 Å². The Hall–Kier alpha value is -5.48. The summed E-state index contributed by atoms with van der Waals surface area (Å²) in [7, 11) is 0. The minimum absolute atomic E-state index is 0. The van der Waals surface area contributed by atoms with Gasteiger partial charge in [-0.25, -0.2) is 29.7 Å². The molecule has 0 saturated heterocycles. The van der Waals surface area contributed by atoms with Crippen molar-refractivity contribution < 1.29 is 17.1 Å². The second kappa shape index (κ2) is 26.7. The second-order valence-electron chi connectivity index (χ2n) is 13.2. The first kappa shape index (κ1) is 51.7. The molecule has 0 aliphatic heterocycles. The number of halogens is 2. The van der Waals surface area contributed by atoms with Crippen LogP contribution in [0.4, 0.5) is 47.1 Å². The second-order valence-corrected chi connectivity index (χ2v) is 14.2. The number of pyridine rings is 4. The maximum atomic E-state index is 7.13. The number of isothiocyanates is 2. The normalized spacial score (nSPS) is 10.1. The van der Waals surface area contributed by atoms with Crippen molar-refractivity contribution in [1.29, 1.82) is 0 Å². The minimum Gasteiger partial charge on any atom is -0.753 e. The first-order valence-corrected chi connectivity index (χ1v) is 20.0. The molecule has 0 fully saturated rings. The summed E-state index contributed by atoms with van der Waals surface area (Å²) >= 11 is 19.9. The third-order valence-electron chi connectivity index (χ3n) is 7.77. The largest absolute Gasteiger partial charge is 2.00 e. The Bertz CT molecular complexity index is 2000. The first-order chi connectivity index (χ1) is 28.8. The van der Waals surface area contributed by atoms with Gasteiger partial charge in [-0.1, -0.05) is 48.7 Å². The topological polar surface area (TPSA) is 186 Å². The van der Waals surface area contributed by atoms with Gasteiger partial charge in [0.05, 0.1) is 0 Å².